The van der Waals surface area contributed by atoms with E-state index >= 15 is 0 Å². The summed E-state index contributed by atoms with van der Waals surface area (Å²) < 4.78 is 0. The number of carbonyl (C=O) groups excluding carboxylic acids is 1. The van der Waals surface area contributed by atoms with Crippen molar-refractivity contribution < 1.29 is 4.79 Å². The highest BCUT2D eigenvalue weighted by Gasteiger charge is 2.20. The number of hydrogen-bond donors (Lipinski definition) is 2. The van der Waals surface area contributed by atoms with E-state index < -0.39 is 0 Å². The van der Waals surface area contributed by atoms with Crippen LogP contribution >= 0.6 is 12.4 Å². The topological polar surface area (TPSA) is 55.1 Å². The van der Waals surface area contributed by atoms with Gasteiger partial charge in [-0.3, -0.25) is 4.79 Å². The first-order chi connectivity index (χ1) is 9.47. The van der Waals surface area contributed by atoms with Crippen LogP contribution in [-0.2, 0) is 0 Å². The molecule has 1 amide bonds. The largest absolute Gasteiger partial charge is 0.352 e. The molecule has 1 aromatic rings. The Bertz CT molecular complexity index is 479. The van der Waals surface area contributed by atoms with Crippen molar-refractivity contribution in [3.63, 3.8) is 0 Å². The molecule has 2 unspecified atom stereocenters. The predicted molar refractivity (Wildman–Crippen MR) is 90.2 cm³/mol. The van der Waals surface area contributed by atoms with E-state index in [1.165, 1.54) is 18.4 Å². The van der Waals surface area contributed by atoms with Gasteiger partial charge in [-0.05, 0) is 57.1 Å². The van der Waals surface area contributed by atoms with Crippen LogP contribution < -0.4 is 11.1 Å². The van der Waals surface area contributed by atoms with Crippen LogP contribution in [0.15, 0.2) is 12.1 Å². The van der Waals surface area contributed by atoms with Crippen molar-refractivity contribution in [2.45, 2.75) is 52.5 Å². The van der Waals surface area contributed by atoms with Crippen molar-refractivity contribution in [1.29, 1.82) is 0 Å². The summed E-state index contributed by atoms with van der Waals surface area (Å²) in [7, 11) is 0. The molecule has 118 valence electrons. The molecule has 0 bridgehead atoms. The average molecular weight is 311 g/mol. The number of halogens is 1. The zero-order valence-corrected chi connectivity index (χ0v) is 14.1. The summed E-state index contributed by atoms with van der Waals surface area (Å²) in [5.41, 5.74) is 10.1. The van der Waals surface area contributed by atoms with Crippen LogP contribution in [0.25, 0.3) is 0 Å². The first-order valence-corrected chi connectivity index (χ1v) is 7.59. The van der Waals surface area contributed by atoms with E-state index in [-0.39, 0.29) is 18.3 Å². The number of aryl methyl sites for hydroxylation is 3. The molecule has 0 radical (unpaired) electrons. The van der Waals surface area contributed by atoms with Gasteiger partial charge in [0.25, 0.3) is 5.91 Å². The number of rotatable bonds is 3. The summed E-state index contributed by atoms with van der Waals surface area (Å²) >= 11 is 0. The van der Waals surface area contributed by atoms with Gasteiger partial charge in [-0.25, -0.2) is 0 Å². The Kier molecular flexibility index (Phi) is 6.69. The van der Waals surface area contributed by atoms with Gasteiger partial charge < -0.3 is 11.1 Å². The molecule has 3 nitrogen and oxygen atoms in total. The van der Waals surface area contributed by atoms with Gasteiger partial charge in [-0.15, -0.1) is 12.4 Å². The van der Waals surface area contributed by atoms with Crippen molar-refractivity contribution in [3.05, 3.63) is 34.4 Å². The molecule has 1 aliphatic rings. The van der Waals surface area contributed by atoms with Gasteiger partial charge in [0.1, 0.15) is 0 Å². The van der Waals surface area contributed by atoms with Crippen molar-refractivity contribution in [3.8, 4) is 0 Å². The quantitative estimate of drug-likeness (QED) is 0.900. The van der Waals surface area contributed by atoms with E-state index in [2.05, 4.69) is 24.4 Å². The lowest BCUT2D eigenvalue weighted by Gasteiger charge is -2.26. The lowest BCUT2D eigenvalue weighted by molar-refractivity contribution is 0.0941. The lowest BCUT2D eigenvalue weighted by Crippen LogP contribution is -2.36. The average Bonchev–Trinajstić information content (AvgIpc) is 2.35. The summed E-state index contributed by atoms with van der Waals surface area (Å²) in [6.45, 7) is 6.82. The van der Waals surface area contributed by atoms with Crippen LogP contribution in [0.3, 0.4) is 0 Å². The summed E-state index contributed by atoms with van der Waals surface area (Å²) in [5, 5.41) is 3.10. The normalized spacial score (nSPS) is 21.5. The Morgan fingerprint density at radius 1 is 1.24 bits per heavy atom. The molecular weight excluding hydrogens is 284 g/mol. The number of carbonyl (C=O) groups is 1. The third kappa shape index (κ3) is 4.72. The third-order valence-corrected chi connectivity index (χ3v) is 4.28. The Balaban J connectivity index is 0.00000220. The fourth-order valence-electron chi connectivity index (χ4n) is 3.38. The second-order valence-electron chi connectivity index (χ2n) is 6.28. The van der Waals surface area contributed by atoms with Gasteiger partial charge in [-0.2, -0.15) is 0 Å². The molecule has 21 heavy (non-hydrogen) atoms. The predicted octanol–water partition coefficient (Wildman–Crippen LogP) is 3.28. The molecule has 4 heteroatoms. The second-order valence-corrected chi connectivity index (χ2v) is 6.28. The minimum atomic E-state index is 0. The molecule has 1 aromatic carbocycles. The maximum Gasteiger partial charge on any atom is 0.251 e. The van der Waals surface area contributed by atoms with Gasteiger partial charge >= 0.3 is 0 Å². The highest BCUT2D eigenvalue weighted by Crippen LogP contribution is 2.23. The molecule has 2 atom stereocenters. The smallest absolute Gasteiger partial charge is 0.251 e. The zero-order chi connectivity index (χ0) is 14.7. The fraction of sp³-hybridized carbons (Fsp3) is 0.588. The minimum absolute atomic E-state index is 0. The number of amides is 1. The highest BCUT2D eigenvalue weighted by molar-refractivity contribution is 5.97. The van der Waals surface area contributed by atoms with Crippen LogP contribution in [0.1, 0.15) is 52.7 Å². The van der Waals surface area contributed by atoms with Crippen molar-refractivity contribution >= 4 is 18.3 Å². The maximum absolute atomic E-state index is 12.4. The highest BCUT2D eigenvalue weighted by atomic mass is 35.5. The van der Waals surface area contributed by atoms with Gasteiger partial charge in [0, 0.05) is 18.2 Å². The summed E-state index contributed by atoms with van der Waals surface area (Å²) in [4.78, 5) is 12.4. The molecule has 0 aromatic heterocycles. The van der Waals surface area contributed by atoms with Crippen LogP contribution in [0.2, 0.25) is 0 Å². The lowest BCUT2D eigenvalue weighted by atomic mass is 9.86. The van der Waals surface area contributed by atoms with Gasteiger partial charge in [0.2, 0.25) is 0 Å². The maximum atomic E-state index is 12.4. The number of nitrogens with two attached hydrogens (primary N) is 1. The van der Waals surface area contributed by atoms with E-state index in [9.17, 15) is 4.79 Å². The first kappa shape index (κ1) is 18.0. The Labute approximate surface area is 134 Å². The SMILES string of the molecule is Cc1cc(C)c(C(=O)NCC2CCCC(N)C2)c(C)c1.Cl. The molecule has 3 N–H and O–H groups in total. The summed E-state index contributed by atoms with van der Waals surface area (Å²) in [6, 6.07) is 4.45. The van der Waals surface area contributed by atoms with Gasteiger partial charge in [-0.1, -0.05) is 24.1 Å². The summed E-state index contributed by atoms with van der Waals surface area (Å²) in [6.07, 6.45) is 4.52. The van der Waals surface area contributed by atoms with E-state index in [4.69, 9.17) is 5.73 Å². The van der Waals surface area contributed by atoms with Crippen LogP contribution in [0.5, 0.6) is 0 Å². The number of hydrogen-bond acceptors (Lipinski definition) is 2. The van der Waals surface area contributed by atoms with Crippen LogP contribution in [0, 0.1) is 26.7 Å². The van der Waals surface area contributed by atoms with E-state index in [1.54, 1.807) is 0 Å². The molecule has 2 rings (SSSR count). The van der Waals surface area contributed by atoms with Gasteiger partial charge in [0.15, 0.2) is 0 Å². The van der Waals surface area contributed by atoms with E-state index in [0.29, 0.717) is 12.0 Å². The Morgan fingerprint density at radius 3 is 2.43 bits per heavy atom. The molecule has 1 saturated carbocycles. The molecule has 0 saturated heterocycles. The monoisotopic (exact) mass is 310 g/mol. The molecule has 1 aliphatic carbocycles. The second kappa shape index (κ2) is 7.81. The van der Waals surface area contributed by atoms with E-state index in [1.807, 2.05) is 13.8 Å². The summed E-state index contributed by atoms with van der Waals surface area (Å²) in [5.74, 6) is 0.591. The fourth-order valence-corrected chi connectivity index (χ4v) is 3.38. The first-order valence-electron chi connectivity index (χ1n) is 7.59. The molecular formula is C17H27ClN2O. The number of nitrogens with one attached hydrogen (secondary N) is 1. The molecule has 0 aliphatic heterocycles. The Hall–Kier alpha value is -1.06. The van der Waals surface area contributed by atoms with Crippen LogP contribution in [0.4, 0.5) is 0 Å². The van der Waals surface area contributed by atoms with Crippen molar-refractivity contribution in [2.24, 2.45) is 11.7 Å². The molecule has 0 heterocycles. The van der Waals surface area contributed by atoms with Crippen molar-refractivity contribution in [1.82, 2.24) is 5.32 Å². The van der Waals surface area contributed by atoms with Crippen molar-refractivity contribution in [2.75, 3.05) is 6.54 Å². The Morgan fingerprint density at radius 2 is 1.86 bits per heavy atom. The van der Waals surface area contributed by atoms with Gasteiger partial charge in [0.05, 0.1) is 0 Å². The third-order valence-electron chi connectivity index (χ3n) is 4.28. The zero-order valence-electron chi connectivity index (χ0n) is 13.2. The molecule has 0 spiro atoms. The standard InChI is InChI=1S/C17H26N2O.ClH/c1-11-7-12(2)16(13(3)8-11)17(20)19-10-14-5-4-6-15(18)9-14;/h7-8,14-15H,4-6,9-10,18H2,1-3H3,(H,19,20);1H. The molecule has 1 fully saturated rings. The van der Waals surface area contributed by atoms with Crippen LogP contribution in [-0.4, -0.2) is 18.5 Å². The number of benzene rings is 1. The minimum Gasteiger partial charge on any atom is -0.352 e. The van der Waals surface area contributed by atoms with E-state index in [0.717, 1.165) is 36.1 Å².